The van der Waals surface area contributed by atoms with E-state index in [2.05, 4.69) is 25.6 Å². The van der Waals surface area contributed by atoms with Crippen LogP contribution in [0.3, 0.4) is 0 Å². The van der Waals surface area contributed by atoms with Gasteiger partial charge in [-0.3, -0.25) is 14.5 Å². The van der Waals surface area contributed by atoms with Gasteiger partial charge < -0.3 is 16.4 Å². The van der Waals surface area contributed by atoms with Crippen molar-refractivity contribution in [3.05, 3.63) is 60.4 Å². The third-order valence-corrected chi connectivity index (χ3v) is 6.40. The van der Waals surface area contributed by atoms with E-state index in [1.54, 1.807) is 24.8 Å². The molecular formula is C23H25N7O2S. The van der Waals surface area contributed by atoms with E-state index in [-0.39, 0.29) is 28.8 Å². The van der Waals surface area contributed by atoms with Gasteiger partial charge in [0.1, 0.15) is 11.4 Å². The zero-order valence-corrected chi connectivity index (χ0v) is 19.4. The molecule has 9 nitrogen and oxygen atoms in total. The molecular weight excluding hydrogens is 438 g/mol. The average Bonchev–Trinajstić information content (AvgIpc) is 2.78. The number of fused-ring (bicyclic) bond motifs is 1. The maximum absolute atomic E-state index is 13.3. The molecule has 10 heteroatoms. The smallest absolute Gasteiger partial charge is 0.250 e. The zero-order chi connectivity index (χ0) is 23.6. The van der Waals surface area contributed by atoms with E-state index in [4.69, 9.17) is 5.73 Å². The maximum atomic E-state index is 13.3. The first kappa shape index (κ1) is 22.5. The highest BCUT2D eigenvalue weighted by Crippen LogP contribution is 2.38. The molecule has 2 aromatic carbocycles. The van der Waals surface area contributed by atoms with Crippen LogP contribution >= 0.6 is 11.8 Å². The molecule has 33 heavy (non-hydrogen) atoms. The Bertz CT molecular complexity index is 1190. The minimum atomic E-state index is -1.01. The van der Waals surface area contributed by atoms with Crippen molar-refractivity contribution in [2.45, 2.75) is 31.6 Å². The Kier molecular flexibility index (Phi) is 6.19. The van der Waals surface area contributed by atoms with Crippen molar-refractivity contribution in [2.75, 3.05) is 27.0 Å². The molecule has 0 bridgehead atoms. The molecule has 2 amide bonds. The van der Waals surface area contributed by atoms with E-state index in [0.717, 1.165) is 5.69 Å². The Balaban J connectivity index is 1.49. The summed E-state index contributed by atoms with van der Waals surface area (Å²) in [5.74, 6) is 0.637. The fourth-order valence-electron chi connectivity index (χ4n) is 3.53. The summed E-state index contributed by atoms with van der Waals surface area (Å²) >= 11 is 1.37. The summed E-state index contributed by atoms with van der Waals surface area (Å²) < 4.78 is 0. The van der Waals surface area contributed by atoms with Crippen LogP contribution in [-0.2, 0) is 9.59 Å². The number of amides is 2. The molecule has 0 saturated heterocycles. The van der Waals surface area contributed by atoms with Gasteiger partial charge in [0.05, 0.1) is 22.4 Å². The quantitative estimate of drug-likeness (QED) is 0.504. The number of thioether (sulfide) groups is 1. The Morgan fingerprint density at radius 1 is 1.12 bits per heavy atom. The lowest BCUT2D eigenvalue weighted by Gasteiger charge is -2.42. The van der Waals surface area contributed by atoms with Gasteiger partial charge in [-0.15, -0.1) is 11.8 Å². The number of rotatable bonds is 6. The minimum Gasteiger partial charge on any atom is -0.368 e. The number of hydrogen-bond acceptors (Lipinski definition) is 8. The summed E-state index contributed by atoms with van der Waals surface area (Å²) in [5, 5.41) is 5.75. The Hall–Kier alpha value is -3.66. The van der Waals surface area contributed by atoms with Gasteiger partial charge in [-0.25, -0.2) is 0 Å². The number of nitrogens with two attached hydrogens (primary N) is 1. The number of carbonyl (C=O) groups excluding carboxylic acids is 2. The molecule has 170 valence electrons. The summed E-state index contributed by atoms with van der Waals surface area (Å²) in [7, 11) is 0. The van der Waals surface area contributed by atoms with Gasteiger partial charge in [0.15, 0.2) is 0 Å². The van der Waals surface area contributed by atoms with Crippen LogP contribution in [0.1, 0.15) is 31.8 Å². The van der Waals surface area contributed by atoms with Crippen LogP contribution in [0.25, 0.3) is 0 Å². The average molecular weight is 464 g/mol. The molecule has 1 atom stereocenters. The number of nitrogens with zero attached hydrogens (tertiary/aromatic N) is 4. The van der Waals surface area contributed by atoms with Crippen LogP contribution in [0.2, 0.25) is 0 Å². The predicted molar refractivity (Wildman–Crippen MR) is 131 cm³/mol. The molecule has 1 aromatic heterocycles. The highest BCUT2D eigenvalue weighted by molar-refractivity contribution is 8.00. The second kappa shape index (κ2) is 9.07. The first-order chi connectivity index (χ1) is 15.8. The first-order valence-corrected chi connectivity index (χ1v) is 11.5. The molecule has 0 radical (unpaired) electrons. The van der Waals surface area contributed by atoms with Crippen LogP contribution in [0, 0.1) is 0 Å². The third-order valence-electron chi connectivity index (χ3n) is 5.28. The van der Waals surface area contributed by atoms with E-state index in [0.29, 0.717) is 23.1 Å². The van der Waals surface area contributed by atoms with Gasteiger partial charge in [0, 0.05) is 5.69 Å². The van der Waals surface area contributed by atoms with Crippen molar-refractivity contribution in [2.24, 2.45) is 0 Å². The van der Waals surface area contributed by atoms with Crippen molar-refractivity contribution in [1.82, 2.24) is 15.0 Å². The summed E-state index contributed by atoms with van der Waals surface area (Å²) in [6.07, 6.45) is 0. The normalized spacial score (nSPS) is 15.4. The van der Waals surface area contributed by atoms with Crippen LogP contribution in [0.15, 0.2) is 54.6 Å². The number of hydrogen-bond donors (Lipinski definition) is 3. The Morgan fingerprint density at radius 3 is 2.58 bits per heavy atom. The third kappa shape index (κ3) is 4.75. The Labute approximate surface area is 196 Å². The van der Waals surface area contributed by atoms with Crippen LogP contribution < -0.4 is 21.3 Å². The van der Waals surface area contributed by atoms with E-state index >= 15 is 0 Å². The van der Waals surface area contributed by atoms with Crippen LogP contribution in [-0.4, -0.2) is 38.1 Å². The first-order valence-electron chi connectivity index (χ1n) is 10.4. The van der Waals surface area contributed by atoms with Gasteiger partial charge >= 0.3 is 0 Å². The molecule has 0 spiro atoms. The highest BCUT2D eigenvalue weighted by atomic mass is 32.2. The Morgan fingerprint density at radius 2 is 1.82 bits per heavy atom. The molecule has 1 aliphatic rings. The van der Waals surface area contributed by atoms with E-state index in [9.17, 15) is 9.59 Å². The molecule has 4 N–H and O–H groups in total. The molecule has 0 saturated carbocycles. The summed E-state index contributed by atoms with van der Waals surface area (Å²) in [5.41, 5.74) is 7.01. The van der Waals surface area contributed by atoms with Crippen molar-refractivity contribution in [1.29, 1.82) is 0 Å². The fraction of sp³-hybridized carbons (Fsp3) is 0.261. The van der Waals surface area contributed by atoms with Crippen molar-refractivity contribution >= 4 is 52.5 Å². The monoisotopic (exact) mass is 463 g/mol. The van der Waals surface area contributed by atoms with Crippen molar-refractivity contribution < 1.29 is 9.59 Å². The largest absolute Gasteiger partial charge is 0.368 e. The zero-order valence-electron chi connectivity index (χ0n) is 18.6. The van der Waals surface area contributed by atoms with Crippen molar-refractivity contribution in [3.8, 4) is 0 Å². The molecule has 0 fully saturated rings. The summed E-state index contributed by atoms with van der Waals surface area (Å²) in [4.78, 5) is 40.3. The lowest BCUT2D eigenvalue weighted by Crippen LogP contribution is -2.59. The standard InChI is InChI=1S/C23H25N7O2S/c1-14(19-27-21(24)29-22(28-19)25-15-9-5-4-6-10-15)33-13-18(31)30-17-12-8-7-11-16(17)26-20(32)23(30,2)3/h4-12,14H,13H2,1-3H3,(H,26,32)(H3,24,25,27,28,29). The summed E-state index contributed by atoms with van der Waals surface area (Å²) in [6, 6.07) is 16.8. The van der Waals surface area contributed by atoms with Crippen LogP contribution in [0.4, 0.5) is 29.0 Å². The number of carbonyl (C=O) groups is 2. The number of anilines is 5. The number of nitrogens with one attached hydrogen (secondary N) is 2. The molecule has 4 rings (SSSR count). The lowest BCUT2D eigenvalue weighted by atomic mass is 9.96. The minimum absolute atomic E-state index is 0.0972. The number of nitrogen functional groups attached to an aromatic ring is 1. The second-order valence-electron chi connectivity index (χ2n) is 8.08. The molecule has 1 unspecified atom stereocenters. The number of para-hydroxylation sites is 3. The molecule has 3 aromatic rings. The summed E-state index contributed by atoms with van der Waals surface area (Å²) in [6.45, 7) is 5.37. The predicted octanol–water partition coefficient (Wildman–Crippen LogP) is 3.76. The van der Waals surface area contributed by atoms with E-state index < -0.39 is 5.54 Å². The fourth-order valence-corrected chi connectivity index (χ4v) is 4.31. The number of aromatic nitrogens is 3. The lowest BCUT2D eigenvalue weighted by molar-refractivity contribution is -0.125. The van der Waals surface area contributed by atoms with Gasteiger partial charge in [-0.2, -0.15) is 15.0 Å². The number of benzene rings is 2. The molecule has 0 aliphatic carbocycles. The second-order valence-corrected chi connectivity index (χ2v) is 9.41. The molecule has 1 aliphatic heterocycles. The van der Waals surface area contributed by atoms with E-state index in [1.165, 1.54) is 11.8 Å². The van der Waals surface area contributed by atoms with Gasteiger partial charge in [0.25, 0.3) is 0 Å². The molecule has 2 heterocycles. The maximum Gasteiger partial charge on any atom is 0.250 e. The van der Waals surface area contributed by atoms with Gasteiger partial charge in [-0.1, -0.05) is 30.3 Å². The SMILES string of the molecule is CC(SCC(=O)N1c2ccccc2NC(=O)C1(C)C)c1nc(N)nc(Nc2ccccc2)n1. The van der Waals surface area contributed by atoms with Gasteiger partial charge in [0.2, 0.25) is 23.7 Å². The van der Waals surface area contributed by atoms with Crippen LogP contribution in [0.5, 0.6) is 0 Å². The highest BCUT2D eigenvalue weighted by Gasteiger charge is 2.43. The topological polar surface area (TPSA) is 126 Å². The van der Waals surface area contributed by atoms with E-state index in [1.807, 2.05) is 55.5 Å². The van der Waals surface area contributed by atoms with Crippen molar-refractivity contribution in [3.63, 3.8) is 0 Å². The van der Waals surface area contributed by atoms with Gasteiger partial charge in [-0.05, 0) is 45.0 Å².